The van der Waals surface area contributed by atoms with E-state index in [2.05, 4.69) is 6.07 Å². The molecule has 0 nitrogen and oxygen atoms in total. The summed E-state index contributed by atoms with van der Waals surface area (Å²) in [4.78, 5) is 0. The van der Waals surface area contributed by atoms with Crippen molar-refractivity contribution in [1.29, 1.82) is 0 Å². The van der Waals surface area contributed by atoms with Gasteiger partial charge in [0.2, 0.25) is 0 Å². The number of aryl methyl sites for hydroxylation is 1. The van der Waals surface area contributed by atoms with Crippen LogP contribution in [0.3, 0.4) is 0 Å². The monoisotopic (exact) mass is 275 g/mol. The predicted octanol–water partition coefficient (Wildman–Crippen LogP) is 1.79. The van der Waals surface area contributed by atoms with Crippen LogP contribution in [0.1, 0.15) is 5.56 Å². The van der Waals surface area contributed by atoms with Crippen molar-refractivity contribution in [1.82, 2.24) is 0 Å². The van der Waals surface area contributed by atoms with Crippen molar-refractivity contribution in [2.45, 2.75) is 6.92 Å². The zero-order chi connectivity index (χ0) is 5.11. The number of hydrogen-bond donors (Lipinski definition) is 0. The average molecular weight is 275 g/mol. The molecular weight excluding hydrogens is 268 g/mol. The Morgan fingerprint density at radius 1 is 1.38 bits per heavy atom. The molecule has 0 bridgehead atoms. The summed E-state index contributed by atoms with van der Waals surface area (Å²) in [5.41, 5.74) is 1.20. The molecule has 42 valence electrons. The second-order valence-corrected chi connectivity index (χ2v) is 1.55. The Hall–Kier alpha value is -0.0917. The molecule has 1 aromatic rings. The van der Waals surface area contributed by atoms with Crippen molar-refractivity contribution in [2.75, 3.05) is 0 Å². The van der Waals surface area contributed by atoms with Gasteiger partial charge in [0.15, 0.2) is 0 Å². The molecule has 0 aliphatic heterocycles. The van der Waals surface area contributed by atoms with Crippen LogP contribution >= 0.6 is 0 Å². The number of benzene rings is 1. The van der Waals surface area contributed by atoms with Crippen molar-refractivity contribution in [2.24, 2.45) is 0 Å². The molecular formula is C7H7W-. The first-order chi connectivity index (χ1) is 3.39. The average Bonchev–Trinajstić information content (AvgIpc) is 1.69. The van der Waals surface area contributed by atoms with Gasteiger partial charge in [0, 0.05) is 21.1 Å². The Labute approximate surface area is 64.2 Å². The molecule has 0 spiro atoms. The SMILES string of the molecule is Cc1[c-]cccc1.[W]. The fraction of sp³-hybridized carbons (Fsp3) is 0.143. The van der Waals surface area contributed by atoms with Gasteiger partial charge in [-0.05, 0) is 0 Å². The fourth-order valence-electron chi connectivity index (χ4n) is 0.483. The largest absolute Gasteiger partial charge is 0.181 e. The molecule has 1 heteroatoms. The summed E-state index contributed by atoms with van der Waals surface area (Å²) >= 11 is 0. The molecule has 0 N–H and O–H groups in total. The van der Waals surface area contributed by atoms with E-state index < -0.39 is 0 Å². The van der Waals surface area contributed by atoms with Gasteiger partial charge >= 0.3 is 0 Å². The van der Waals surface area contributed by atoms with Crippen LogP contribution in [0, 0.1) is 13.0 Å². The van der Waals surface area contributed by atoms with Crippen molar-refractivity contribution < 1.29 is 21.1 Å². The van der Waals surface area contributed by atoms with Gasteiger partial charge in [0.05, 0.1) is 0 Å². The smallest absolute Gasteiger partial charge is 0 e. The molecule has 0 radical (unpaired) electrons. The zero-order valence-corrected chi connectivity index (χ0v) is 7.65. The van der Waals surface area contributed by atoms with E-state index in [-0.39, 0.29) is 21.1 Å². The zero-order valence-electron chi connectivity index (χ0n) is 4.72. The Bertz CT molecular complexity index is 134. The van der Waals surface area contributed by atoms with Crippen LogP contribution in [0.2, 0.25) is 0 Å². The molecule has 0 atom stereocenters. The summed E-state index contributed by atoms with van der Waals surface area (Å²) in [5.74, 6) is 0. The molecule has 8 heavy (non-hydrogen) atoms. The minimum atomic E-state index is 0. The number of rotatable bonds is 0. The summed E-state index contributed by atoms with van der Waals surface area (Å²) in [7, 11) is 0. The van der Waals surface area contributed by atoms with Gasteiger partial charge in [-0.1, -0.05) is 6.92 Å². The molecule has 0 aliphatic rings. The van der Waals surface area contributed by atoms with Crippen LogP contribution in [0.4, 0.5) is 0 Å². The molecule has 1 rings (SSSR count). The molecule has 0 fully saturated rings. The van der Waals surface area contributed by atoms with Crippen LogP contribution in [-0.4, -0.2) is 0 Å². The van der Waals surface area contributed by atoms with Crippen molar-refractivity contribution in [3.05, 3.63) is 35.9 Å². The van der Waals surface area contributed by atoms with Crippen molar-refractivity contribution >= 4 is 0 Å². The molecule has 0 aromatic heterocycles. The first-order valence-electron chi connectivity index (χ1n) is 2.33. The molecule has 0 saturated carbocycles. The van der Waals surface area contributed by atoms with E-state index >= 15 is 0 Å². The quantitative estimate of drug-likeness (QED) is 0.633. The second-order valence-electron chi connectivity index (χ2n) is 1.55. The molecule has 0 unspecified atom stereocenters. The predicted molar refractivity (Wildman–Crippen MR) is 30.0 cm³/mol. The normalized spacial score (nSPS) is 7.62. The molecule has 1 aromatic carbocycles. The third-order valence-electron chi connectivity index (χ3n) is 0.865. The van der Waals surface area contributed by atoms with Gasteiger partial charge in [0.1, 0.15) is 0 Å². The fourth-order valence-corrected chi connectivity index (χ4v) is 0.483. The van der Waals surface area contributed by atoms with Crippen molar-refractivity contribution in [3.8, 4) is 0 Å². The van der Waals surface area contributed by atoms with E-state index in [0.29, 0.717) is 0 Å². The van der Waals surface area contributed by atoms with Crippen LogP contribution in [0.15, 0.2) is 24.3 Å². The minimum absolute atomic E-state index is 0. The van der Waals surface area contributed by atoms with Gasteiger partial charge in [-0.2, -0.15) is 35.9 Å². The topological polar surface area (TPSA) is 0 Å². The molecule has 0 aliphatic carbocycles. The minimum Gasteiger partial charge on any atom is -0.181 e. The van der Waals surface area contributed by atoms with Crippen LogP contribution in [0.25, 0.3) is 0 Å². The van der Waals surface area contributed by atoms with Crippen LogP contribution < -0.4 is 0 Å². The Morgan fingerprint density at radius 3 is 2.38 bits per heavy atom. The van der Waals surface area contributed by atoms with E-state index in [9.17, 15) is 0 Å². The van der Waals surface area contributed by atoms with Gasteiger partial charge in [-0.3, -0.25) is 0 Å². The summed E-state index contributed by atoms with van der Waals surface area (Å²) < 4.78 is 0. The second kappa shape index (κ2) is 3.86. The van der Waals surface area contributed by atoms with Crippen LogP contribution in [0.5, 0.6) is 0 Å². The Morgan fingerprint density at radius 2 is 2.12 bits per heavy atom. The third-order valence-corrected chi connectivity index (χ3v) is 0.865. The van der Waals surface area contributed by atoms with Gasteiger partial charge in [-0.25, -0.2) is 0 Å². The first kappa shape index (κ1) is 7.91. The van der Waals surface area contributed by atoms with E-state index in [4.69, 9.17) is 0 Å². The van der Waals surface area contributed by atoms with Gasteiger partial charge in [0.25, 0.3) is 0 Å². The van der Waals surface area contributed by atoms with Gasteiger partial charge in [-0.15, -0.1) is 0 Å². The number of hydrogen-bond acceptors (Lipinski definition) is 0. The summed E-state index contributed by atoms with van der Waals surface area (Å²) in [6.45, 7) is 2.03. The maximum Gasteiger partial charge on any atom is 0 e. The summed E-state index contributed by atoms with van der Waals surface area (Å²) in [5, 5.41) is 0. The summed E-state index contributed by atoms with van der Waals surface area (Å²) in [6, 6.07) is 10.9. The van der Waals surface area contributed by atoms with Crippen molar-refractivity contribution in [3.63, 3.8) is 0 Å². The standard InChI is InChI=1S/C7H7.W/c1-7-5-3-2-4-6-7;/h2-5H,1H3;/q-1;. The summed E-state index contributed by atoms with van der Waals surface area (Å²) in [6.07, 6.45) is 0. The van der Waals surface area contributed by atoms with E-state index in [1.54, 1.807) is 0 Å². The molecule has 0 heterocycles. The first-order valence-corrected chi connectivity index (χ1v) is 2.33. The Balaban J connectivity index is 0.000000490. The molecule has 0 saturated heterocycles. The maximum atomic E-state index is 3.03. The van der Waals surface area contributed by atoms with E-state index in [1.807, 2.05) is 31.2 Å². The third kappa shape index (κ3) is 2.28. The van der Waals surface area contributed by atoms with E-state index in [1.165, 1.54) is 5.56 Å². The molecule has 0 amide bonds. The van der Waals surface area contributed by atoms with Crippen LogP contribution in [-0.2, 0) is 21.1 Å². The van der Waals surface area contributed by atoms with Gasteiger partial charge < -0.3 is 0 Å². The maximum absolute atomic E-state index is 3.03. The Kier molecular flexibility index (Phi) is 3.81. The van der Waals surface area contributed by atoms with E-state index in [0.717, 1.165) is 0 Å².